The van der Waals surface area contributed by atoms with Gasteiger partial charge >= 0.3 is 5.76 Å². The number of thiophene rings is 1. The van der Waals surface area contributed by atoms with Crippen molar-refractivity contribution in [3.8, 4) is 0 Å². The Balaban J connectivity index is 1.73. The van der Waals surface area contributed by atoms with E-state index >= 15 is 0 Å². The maximum atomic E-state index is 11.2. The van der Waals surface area contributed by atoms with Crippen molar-refractivity contribution in [2.24, 2.45) is 0 Å². The van der Waals surface area contributed by atoms with Crippen LogP contribution in [-0.4, -0.2) is 15.8 Å². The number of oxazole rings is 1. The second kappa shape index (κ2) is 5.05. The fraction of sp³-hybridized carbons (Fsp3) is 0.267. The van der Waals surface area contributed by atoms with Crippen LogP contribution in [-0.2, 0) is 12.2 Å². The summed E-state index contributed by atoms with van der Waals surface area (Å²) >= 11 is 3.62. The van der Waals surface area contributed by atoms with Gasteiger partial charge in [-0.25, -0.2) is 4.79 Å². The Kier molecular flexibility index (Phi) is 3.17. The summed E-state index contributed by atoms with van der Waals surface area (Å²) < 4.78 is 5.05. The SMILES string of the molecule is O=c1[nH]c2ccc(C(O)c3cc4c(s3)CCSC4)cc2o1. The second-order valence-electron chi connectivity index (χ2n) is 5.07. The molecule has 0 fully saturated rings. The number of benzene rings is 1. The van der Waals surface area contributed by atoms with Crippen molar-refractivity contribution in [1.82, 2.24) is 4.98 Å². The Hall–Kier alpha value is -1.50. The summed E-state index contributed by atoms with van der Waals surface area (Å²) in [5, 5.41) is 10.6. The zero-order chi connectivity index (χ0) is 14.4. The normalized spacial score (nSPS) is 16.0. The number of thioether (sulfide) groups is 1. The summed E-state index contributed by atoms with van der Waals surface area (Å²) in [7, 11) is 0. The standard InChI is InChI=1S/C15H13NO3S2/c17-14(13-6-9-7-20-4-3-12(9)21-13)8-1-2-10-11(5-8)19-15(18)16-10/h1-2,5-6,14,17H,3-4,7H2,(H,16,18). The first-order chi connectivity index (χ1) is 10.2. The highest BCUT2D eigenvalue weighted by molar-refractivity contribution is 7.98. The molecule has 1 unspecified atom stereocenters. The average molecular weight is 319 g/mol. The van der Waals surface area contributed by atoms with Crippen molar-refractivity contribution in [1.29, 1.82) is 0 Å². The molecular weight excluding hydrogens is 306 g/mol. The molecule has 0 amide bonds. The number of aromatic nitrogens is 1. The zero-order valence-corrected chi connectivity index (χ0v) is 12.7. The van der Waals surface area contributed by atoms with Crippen LogP contribution in [0.5, 0.6) is 0 Å². The summed E-state index contributed by atoms with van der Waals surface area (Å²) in [6.45, 7) is 0. The molecule has 1 aromatic carbocycles. The molecule has 1 aliphatic rings. The Bertz CT molecular complexity index is 838. The Morgan fingerprint density at radius 3 is 3.10 bits per heavy atom. The van der Waals surface area contributed by atoms with Gasteiger partial charge in [0.15, 0.2) is 5.58 Å². The number of hydrogen-bond donors (Lipinski definition) is 2. The van der Waals surface area contributed by atoms with Crippen molar-refractivity contribution in [2.75, 3.05) is 5.75 Å². The van der Waals surface area contributed by atoms with Crippen LogP contribution in [0, 0.1) is 0 Å². The van der Waals surface area contributed by atoms with Crippen LogP contribution in [0.1, 0.15) is 27.0 Å². The smallest absolute Gasteiger partial charge is 0.408 e. The van der Waals surface area contributed by atoms with Crippen molar-refractivity contribution < 1.29 is 9.52 Å². The first-order valence-electron chi connectivity index (χ1n) is 6.71. The van der Waals surface area contributed by atoms with E-state index in [2.05, 4.69) is 11.1 Å². The Morgan fingerprint density at radius 1 is 1.33 bits per heavy atom. The van der Waals surface area contributed by atoms with Gasteiger partial charge < -0.3 is 9.52 Å². The Morgan fingerprint density at radius 2 is 2.24 bits per heavy atom. The van der Waals surface area contributed by atoms with Crippen LogP contribution in [0.2, 0.25) is 0 Å². The average Bonchev–Trinajstić information content (AvgIpc) is 3.07. The van der Waals surface area contributed by atoms with E-state index in [1.165, 1.54) is 10.4 Å². The molecule has 6 heteroatoms. The van der Waals surface area contributed by atoms with E-state index in [9.17, 15) is 9.90 Å². The number of aromatic amines is 1. The van der Waals surface area contributed by atoms with Gasteiger partial charge in [-0.1, -0.05) is 6.07 Å². The minimum atomic E-state index is -0.671. The molecule has 2 N–H and O–H groups in total. The van der Waals surface area contributed by atoms with Gasteiger partial charge in [0.05, 0.1) is 5.52 Å². The van der Waals surface area contributed by atoms with Crippen molar-refractivity contribution in [2.45, 2.75) is 18.3 Å². The fourth-order valence-corrected chi connectivity index (χ4v) is 4.99. The first kappa shape index (κ1) is 13.2. The largest absolute Gasteiger partial charge is 0.417 e. The maximum absolute atomic E-state index is 11.2. The number of aliphatic hydroxyl groups excluding tert-OH is 1. The molecule has 4 rings (SSSR count). The number of H-pyrrole nitrogens is 1. The Labute approximate surface area is 128 Å². The van der Waals surface area contributed by atoms with Gasteiger partial charge in [0.2, 0.25) is 0 Å². The molecule has 108 valence electrons. The topological polar surface area (TPSA) is 66.2 Å². The molecule has 0 spiro atoms. The lowest BCUT2D eigenvalue weighted by molar-refractivity contribution is 0.224. The van der Waals surface area contributed by atoms with E-state index in [1.54, 1.807) is 23.5 Å². The monoisotopic (exact) mass is 319 g/mol. The molecule has 3 aromatic rings. The molecule has 3 heterocycles. The highest BCUT2D eigenvalue weighted by Gasteiger charge is 2.19. The van der Waals surface area contributed by atoms with E-state index < -0.39 is 11.9 Å². The highest BCUT2D eigenvalue weighted by Crippen LogP contribution is 2.36. The molecule has 21 heavy (non-hydrogen) atoms. The number of rotatable bonds is 2. The molecule has 1 aliphatic heterocycles. The second-order valence-corrected chi connectivity index (χ2v) is 7.35. The molecule has 0 saturated heterocycles. The van der Waals surface area contributed by atoms with E-state index in [0.717, 1.165) is 28.4 Å². The number of fused-ring (bicyclic) bond motifs is 2. The van der Waals surface area contributed by atoms with Gasteiger partial charge in [0.25, 0.3) is 0 Å². The minimum Gasteiger partial charge on any atom is -0.408 e. The van der Waals surface area contributed by atoms with Crippen LogP contribution in [0.25, 0.3) is 11.1 Å². The summed E-state index contributed by atoms with van der Waals surface area (Å²) in [6.07, 6.45) is 0.415. The lowest BCUT2D eigenvalue weighted by atomic mass is 10.1. The number of hydrogen-bond acceptors (Lipinski definition) is 5. The van der Waals surface area contributed by atoms with E-state index in [-0.39, 0.29) is 0 Å². The summed E-state index contributed by atoms with van der Waals surface area (Å²) in [5.74, 6) is 1.72. The van der Waals surface area contributed by atoms with Gasteiger partial charge in [0, 0.05) is 15.5 Å². The predicted molar refractivity (Wildman–Crippen MR) is 85.1 cm³/mol. The van der Waals surface area contributed by atoms with E-state index in [0.29, 0.717) is 11.1 Å². The quantitative estimate of drug-likeness (QED) is 0.762. The number of aliphatic hydroxyl groups is 1. The van der Waals surface area contributed by atoms with Crippen LogP contribution in [0.3, 0.4) is 0 Å². The lowest BCUT2D eigenvalue weighted by Gasteiger charge is -2.08. The summed E-state index contributed by atoms with van der Waals surface area (Å²) in [6, 6.07) is 7.42. The molecule has 0 bridgehead atoms. The first-order valence-corrected chi connectivity index (χ1v) is 8.68. The zero-order valence-electron chi connectivity index (χ0n) is 11.1. The molecule has 4 nitrogen and oxygen atoms in total. The number of aryl methyl sites for hydroxylation is 1. The van der Waals surface area contributed by atoms with E-state index in [4.69, 9.17) is 4.42 Å². The lowest BCUT2D eigenvalue weighted by Crippen LogP contribution is -1.97. The molecular formula is C15H13NO3S2. The highest BCUT2D eigenvalue weighted by atomic mass is 32.2. The summed E-state index contributed by atoms with van der Waals surface area (Å²) in [4.78, 5) is 16.1. The maximum Gasteiger partial charge on any atom is 0.417 e. The van der Waals surface area contributed by atoms with Gasteiger partial charge in [-0.3, -0.25) is 4.98 Å². The summed E-state index contributed by atoms with van der Waals surface area (Å²) in [5.41, 5.74) is 3.22. The molecule has 0 aliphatic carbocycles. The van der Waals surface area contributed by atoms with E-state index in [1.807, 2.05) is 17.8 Å². The van der Waals surface area contributed by atoms with Gasteiger partial charge in [-0.05, 0) is 41.5 Å². The predicted octanol–water partition coefficient (Wildman–Crippen LogP) is 3.05. The van der Waals surface area contributed by atoms with Crippen LogP contribution < -0.4 is 5.76 Å². The van der Waals surface area contributed by atoms with Crippen molar-refractivity contribution >= 4 is 34.2 Å². The molecule has 2 aromatic heterocycles. The van der Waals surface area contributed by atoms with Gasteiger partial charge in [-0.2, -0.15) is 11.8 Å². The number of nitrogens with one attached hydrogen (secondary N) is 1. The van der Waals surface area contributed by atoms with Crippen molar-refractivity contribution in [3.63, 3.8) is 0 Å². The van der Waals surface area contributed by atoms with Gasteiger partial charge in [-0.15, -0.1) is 11.3 Å². The van der Waals surface area contributed by atoms with Crippen LogP contribution >= 0.6 is 23.1 Å². The van der Waals surface area contributed by atoms with Crippen LogP contribution in [0.4, 0.5) is 0 Å². The van der Waals surface area contributed by atoms with Crippen molar-refractivity contribution in [3.05, 3.63) is 55.7 Å². The third-order valence-electron chi connectivity index (χ3n) is 3.68. The molecule has 0 radical (unpaired) electrons. The molecule has 1 atom stereocenters. The molecule has 0 saturated carbocycles. The minimum absolute atomic E-state index is 0.472. The fourth-order valence-electron chi connectivity index (χ4n) is 2.60. The third kappa shape index (κ3) is 2.33. The van der Waals surface area contributed by atoms with Gasteiger partial charge in [0.1, 0.15) is 6.10 Å². The van der Waals surface area contributed by atoms with Crippen LogP contribution in [0.15, 0.2) is 33.5 Å². The third-order valence-corrected chi connectivity index (χ3v) is 5.97.